The largest absolute Gasteiger partial charge is 0.359 e. The van der Waals surface area contributed by atoms with Crippen LogP contribution in [0.3, 0.4) is 0 Å². The van der Waals surface area contributed by atoms with Gasteiger partial charge in [0.25, 0.3) is 5.91 Å². The molecular formula is C25H22FN3OS. The van der Waals surface area contributed by atoms with E-state index in [1.165, 1.54) is 12.1 Å². The summed E-state index contributed by atoms with van der Waals surface area (Å²) in [4.78, 5) is 18.4. The zero-order chi connectivity index (χ0) is 21.6. The van der Waals surface area contributed by atoms with Crippen LogP contribution in [0.2, 0.25) is 0 Å². The van der Waals surface area contributed by atoms with Crippen LogP contribution in [0.1, 0.15) is 39.3 Å². The van der Waals surface area contributed by atoms with Crippen LogP contribution in [0.5, 0.6) is 0 Å². The Balaban J connectivity index is 1.74. The number of amides is 1. The lowest BCUT2D eigenvalue weighted by atomic mass is 9.99. The molecule has 0 saturated heterocycles. The number of halogens is 1. The minimum Gasteiger partial charge on any atom is -0.359 e. The molecule has 4 aromatic rings. The first-order chi connectivity index (χ1) is 15.1. The van der Waals surface area contributed by atoms with Gasteiger partial charge in [-0.1, -0.05) is 43.3 Å². The molecule has 4 nitrogen and oxygen atoms in total. The Labute approximate surface area is 184 Å². The van der Waals surface area contributed by atoms with Gasteiger partial charge in [-0.3, -0.25) is 4.79 Å². The molecule has 4 rings (SSSR count). The van der Waals surface area contributed by atoms with Gasteiger partial charge in [-0.25, -0.2) is 9.37 Å². The van der Waals surface area contributed by atoms with Crippen LogP contribution in [0.25, 0.3) is 0 Å². The average Bonchev–Trinajstić information content (AvgIpc) is 3.22. The molecule has 0 spiro atoms. The van der Waals surface area contributed by atoms with E-state index in [4.69, 9.17) is 0 Å². The van der Waals surface area contributed by atoms with E-state index >= 15 is 0 Å². The van der Waals surface area contributed by atoms with E-state index in [0.29, 0.717) is 11.4 Å². The maximum atomic E-state index is 13.6. The highest BCUT2D eigenvalue weighted by Gasteiger charge is 2.22. The zero-order valence-electron chi connectivity index (χ0n) is 17.0. The van der Waals surface area contributed by atoms with Crippen molar-refractivity contribution in [1.82, 2.24) is 4.98 Å². The maximum absolute atomic E-state index is 13.6. The van der Waals surface area contributed by atoms with Gasteiger partial charge in [-0.15, -0.1) is 11.3 Å². The number of nitrogens with zero attached hydrogens (tertiary/aromatic N) is 1. The highest BCUT2D eigenvalue weighted by Crippen LogP contribution is 2.38. The smallest absolute Gasteiger partial charge is 0.256 e. The van der Waals surface area contributed by atoms with Crippen molar-refractivity contribution in [3.05, 3.63) is 112 Å². The van der Waals surface area contributed by atoms with Crippen molar-refractivity contribution in [2.45, 2.75) is 19.4 Å². The predicted octanol–water partition coefficient (Wildman–Crippen LogP) is 6.30. The third-order valence-corrected chi connectivity index (χ3v) is 6.11. The van der Waals surface area contributed by atoms with Crippen molar-refractivity contribution in [2.75, 3.05) is 10.6 Å². The van der Waals surface area contributed by atoms with Crippen LogP contribution in [0.4, 0.5) is 15.2 Å². The standard InChI is InChI=1S/C25H22FN3OS/c1-2-20-16-21(25(31-20)29-24(30)18-8-4-3-5-9-18)23(17-11-13-19(26)14-12-17)28-22-10-6-7-15-27-22/h3-16,23H,2H2,1H3,(H,27,28)(H,29,30). The number of aryl methyl sites for hydroxylation is 1. The van der Waals surface area contributed by atoms with Crippen LogP contribution in [-0.4, -0.2) is 10.9 Å². The number of carbonyl (C=O) groups excluding carboxylic acids is 1. The Bertz CT molecular complexity index is 1140. The molecule has 0 fully saturated rings. The van der Waals surface area contributed by atoms with Gasteiger partial charge in [0.15, 0.2) is 0 Å². The van der Waals surface area contributed by atoms with Crippen molar-refractivity contribution in [1.29, 1.82) is 0 Å². The van der Waals surface area contributed by atoms with E-state index in [9.17, 15) is 9.18 Å². The van der Waals surface area contributed by atoms with Crippen LogP contribution in [0.15, 0.2) is 85.1 Å². The number of rotatable bonds is 7. The highest BCUT2D eigenvalue weighted by atomic mass is 32.1. The minimum absolute atomic E-state index is 0.165. The third kappa shape index (κ3) is 4.98. The molecule has 2 aromatic carbocycles. The second-order valence-corrected chi connectivity index (χ2v) is 8.15. The van der Waals surface area contributed by atoms with Gasteiger partial charge in [0.1, 0.15) is 16.6 Å². The van der Waals surface area contributed by atoms with E-state index in [1.54, 1.807) is 41.8 Å². The number of pyridine rings is 1. The van der Waals surface area contributed by atoms with Gasteiger partial charge in [0, 0.05) is 22.2 Å². The number of aromatic nitrogens is 1. The van der Waals surface area contributed by atoms with Gasteiger partial charge in [-0.05, 0) is 54.4 Å². The summed E-state index contributed by atoms with van der Waals surface area (Å²) in [6, 6.07) is 22.9. The van der Waals surface area contributed by atoms with Gasteiger partial charge >= 0.3 is 0 Å². The molecule has 1 unspecified atom stereocenters. The van der Waals surface area contributed by atoms with Crippen LogP contribution >= 0.6 is 11.3 Å². The molecule has 0 radical (unpaired) electrons. The first-order valence-corrected chi connectivity index (χ1v) is 10.9. The molecule has 1 amide bonds. The normalized spacial score (nSPS) is 11.7. The van der Waals surface area contributed by atoms with Crippen LogP contribution in [-0.2, 0) is 6.42 Å². The fourth-order valence-corrected chi connectivity index (χ4v) is 4.33. The van der Waals surface area contributed by atoms with Gasteiger partial charge in [0.05, 0.1) is 6.04 Å². The fraction of sp³-hybridized carbons (Fsp3) is 0.120. The van der Waals surface area contributed by atoms with E-state index in [2.05, 4.69) is 28.6 Å². The molecule has 2 aromatic heterocycles. The van der Waals surface area contributed by atoms with Crippen LogP contribution in [0, 0.1) is 5.82 Å². The number of thiophene rings is 1. The molecule has 6 heteroatoms. The monoisotopic (exact) mass is 431 g/mol. The lowest BCUT2D eigenvalue weighted by Crippen LogP contribution is -2.17. The first kappa shape index (κ1) is 20.8. The summed E-state index contributed by atoms with van der Waals surface area (Å²) in [5.41, 5.74) is 2.39. The average molecular weight is 432 g/mol. The Morgan fingerprint density at radius 3 is 2.45 bits per heavy atom. The van der Waals surface area contributed by atoms with E-state index in [1.807, 2.05) is 36.4 Å². The highest BCUT2D eigenvalue weighted by molar-refractivity contribution is 7.16. The SMILES string of the molecule is CCc1cc(C(Nc2ccccn2)c2ccc(F)cc2)c(NC(=O)c2ccccc2)s1. The number of nitrogens with one attached hydrogen (secondary N) is 2. The molecule has 31 heavy (non-hydrogen) atoms. The van der Waals surface area contributed by atoms with E-state index in [-0.39, 0.29) is 17.8 Å². The summed E-state index contributed by atoms with van der Waals surface area (Å²) in [6.45, 7) is 2.08. The predicted molar refractivity (Wildman–Crippen MR) is 124 cm³/mol. The number of hydrogen-bond acceptors (Lipinski definition) is 4. The number of hydrogen-bond donors (Lipinski definition) is 2. The Kier molecular flexibility index (Phi) is 6.38. The number of benzene rings is 2. The van der Waals surface area contributed by atoms with Crippen molar-refractivity contribution < 1.29 is 9.18 Å². The second-order valence-electron chi connectivity index (χ2n) is 7.01. The number of carbonyl (C=O) groups is 1. The Morgan fingerprint density at radius 1 is 1.03 bits per heavy atom. The Morgan fingerprint density at radius 2 is 1.77 bits per heavy atom. The quantitative estimate of drug-likeness (QED) is 0.361. The minimum atomic E-state index is -0.307. The maximum Gasteiger partial charge on any atom is 0.256 e. The van der Waals surface area contributed by atoms with Crippen molar-refractivity contribution in [3.8, 4) is 0 Å². The molecular weight excluding hydrogens is 409 g/mol. The number of anilines is 2. The molecule has 156 valence electrons. The van der Waals surface area contributed by atoms with Crippen molar-refractivity contribution in [2.24, 2.45) is 0 Å². The summed E-state index contributed by atoms with van der Waals surface area (Å²) < 4.78 is 13.6. The first-order valence-electron chi connectivity index (χ1n) is 10.1. The molecule has 0 aliphatic rings. The lowest BCUT2D eigenvalue weighted by Gasteiger charge is -2.21. The van der Waals surface area contributed by atoms with Gasteiger partial charge in [-0.2, -0.15) is 0 Å². The summed E-state index contributed by atoms with van der Waals surface area (Å²) in [5.74, 6) is 0.237. The molecule has 0 bridgehead atoms. The van der Waals surface area contributed by atoms with Crippen molar-refractivity contribution in [3.63, 3.8) is 0 Å². The summed E-state index contributed by atoms with van der Waals surface area (Å²) in [6.07, 6.45) is 2.56. The topological polar surface area (TPSA) is 54.0 Å². The van der Waals surface area contributed by atoms with Gasteiger partial charge < -0.3 is 10.6 Å². The molecule has 2 N–H and O–H groups in total. The molecule has 0 aliphatic carbocycles. The van der Waals surface area contributed by atoms with Gasteiger partial charge in [0.2, 0.25) is 0 Å². The molecule has 0 aliphatic heterocycles. The Hall–Kier alpha value is -3.51. The lowest BCUT2D eigenvalue weighted by molar-refractivity contribution is 0.102. The third-order valence-electron chi connectivity index (χ3n) is 4.89. The van der Waals surface area contributed by atoms with Crippen molar-refractivity contribution >= 4 is 28.1 Å². The molecule has 2 heterocycles. The summed E-state index contributed by atoms with van der Waals surface area (Å²) >= 11 is 1.55. The summed E-state index contributed by atoms with van der Waals surface area (Å²) in [7, 11) is 0. The van der Waals surface area contributed by atoms with Crippen LogP contribution < -0.4 is 10.6 Å². The van der Waals surface area contributed by atoms with E-state index in [0.717, 1.165) is 27.4 Å². The van der Waals surface area contributed by atoms with E-state index < -0.39 is 0 Å². The summed E-state index contributed by atoms with van der Waals surface area (Å²) in [5, 5.41) is 7.28. The molecule has 1 atom stereocenters. The molecule has 0 saturated carbocycles. The zero-order valence-corrected chi connectivity index (χ0v) is 17.8. The second kappa shape index (κ2) is 9.53. The fourth-order valence-electron chi connectivity index (χ4n) is 3.30.